The molecule has 0 spiro atoms. The molecule has 0 bridgehead atoms. The Morgan fingerprint density at radius 3 is 2.76 bits per heavy atom. The fourth-order valence-corrected chi connectivity index (χ4v) is 1.81. The van der Waals surface area contributed by atoms with E-state index in [2.05, 4.69) is 9.97 Å². The highest BCUT2D eigenvalue weighted by Gasteiger charge is 2.27. The van der Waals surface area contributed by atoms with Crippen LogP contribution in [0.4, 0.5) is 13.2 Å². The van der Waals surface area contributed by atoms with Crippen molar-refractivity contribution in [2.24, 2.45) is 0 Å². The van der Waals surface area contributed by atoms with Gasteiger partial charge in [0.05, 0.1) is 17.7 Å². The molecule has 1 aliphatic rings. The van der Waals surface area contributed by atoms with Crippen molar-refractivity contribution in [2.75, 3.05) is 0 Å². The van der Waals surface area contributed by atoms with Gasteiger partial charge in [-0.3, -0.25) is 4.79 Å². The summed E-state index contributed by atoms with van der Waals surface area (Å²) in [6.07, 6.45) is -2.18. The van der Waals surface area contributed by atoms with Crippen LogP contribution in [0.25, 0.3) is 0 Å². The van der Waals surface area contributed by atoms with E-state index >= 15 is 0 Å². The van der Waals surface area contributed by atoms with Crippen molar-refractivity contribution in [3.8, 4) is 0 Å². The first-order valence-corrected chi connectivity index (χ1v) is 5.40. The van der Waals surface area contributed by atoms with Crippen LogP contribution in [0.1, 0.15) is 41.1 Å². The standard InChI is InChI=1S/C11H11F3N2O/c12-11(13,14)5-4-10-15-6-7-8(16-10)2-1-3-9(7)17/h6H,1-5H2. The highest BCUT2D eigenvalue weighted by molar-refractivity contribution is 5.97. The summed E-state index contributed by atoms with van der Waals surface area (Å²) < 4.78 is 36.1. The number of hydrogen-bond donors (Lipinski definition) is 0. The van der Waals surface area contributed by atoms with Crippen LogP contribution in [0.5, 0.6) is 0 Å². The second-order valence-electron chi connectivity index (χ2n) is 4.04. The maximum Gasteiger partial charge on any atom is 0.389 e. The number of aromatic nitrogens is 2. The van der Waals surface area contributed by atoms with Gasteiger partial charge in [-0.15, -0.1) is 0 Å². The van der Waals surface area contributed by atoms with Crippen LogP contribution in [0.15, 0.2) is 6.20 Å². The lowest BCUT2D eigenvalue weighted by Gasteiger charge is -2.14. The molecule has 92 valence electrons. The molecule has 0 saturated heterocycles. The molecule has 6 heteroatoms. The van der Waals surface area contributed by atoms with Gasteiger partial charge in [0, 0.05) is 19.0 Å². The molecule has 1 aromatic heterocycles. The summed E-state index contributed by atoms with van der Waals surface area (Å²) in [6, 6.07) is 0. The largest absolute Gasteiger partial charge is 0.389 e. The van der Waals surface area contributed by atoms with Gasteiger partial charge in [-0.1, -0.05) is 0 Å². The maximum absolute atomic E-state index is 12.0. The number of hydrogen-bond acceptors (Lipinski definition) is 3. The van der Waals surface area contributed by atoms with Crippen LogP contribution >= 0.6 is 0 Å². The predicted molar refractivity (Wildman–Crippen MR) is 53.7 cm³/mol. The highest BCUT2D eigenvalue weighted by Crippen LogP contribution is 2.22. The number of aryl methyl sites for hydroxylation is 2. The Balaban J connectivity index is 2.14. The van der Waals surface area contributed by atoms with Gasteiger partial charge in [-0.2, -0.15) is 13.2 Å². The highest BCUT2D eigenvalue weighted by atomic mass is 19.4. The van der Waals surface area contributed by atoms with Gasteiger partial charge in [0.1, 0.15) is 5.82 Å². The first-order chi connectivity index (χ1) is 7.96. The molecule has 1 heterocycles. The Morgan fingerprint density at radius 2 is 2.06 bits per heavy atom. The summed E-state index contributed by atoms with van der Waals surface area (Å²) in [4.78, 5) is 19.3. The molecule has 0 amide bonds. The quantitative estimate of drug-likeness (QED) is 0.802. The molecular weight excluding hydrogens is 233 g/mol. The summed E-state index contributed by atoms with van der Waals surface area (Å²) in [5.41, 5.74) is 1.06. The van der Waals surface area contributed by atoms with E-state index in [9.17, 15) is 18.0 Å². The normalized spacial score (nSPS) is 15.8. The van der Waals surface area contributed by atoms with Crippen molar-refractivity contribution >= 4 is 5.78 Å². The molecular formula is C11H11F3N2O. The lowest BCUT2D eigenvalue weighted by atomic mass is 9.96. The van der Waals surface area contributed by atoms with Gasteiger partial charge in [0.2, 0.25) is 0 Å². The van der Waals surface area contributed by atoms with E-state index in [1.807, 2.05) is 0 Å². The number of halogens is 3. The molecule has 1 aromatic rings. The number of carbonyl (C=O) groups is 1. The first-order valence-electron chi connectivity index (χ1n) is 5.40. The molecule has 0 saturated carbocycles. The lowest BCUT2D eigenvalue weighted by molar-refractivity contribution is -0.134. The third kappa shape index (κ3) is 3.01. The molecule has 0 atom stereocenters. The van der Waals surface area contributed by atoms with Gasteiger partial charge in [0.25, 0.3) is 0 Å². The van der Waals surface area contributed by atoms with Crippen molar-refractivity contribution in [2.45, 2.75) is 38.3 Å². The molecule has 17 heavy (non-hydrogen) atoms. The van der Waals surface area contributed by atoms with Crippen molar-refractivity contribution in [1.29, 1.82) is 0 Å². The molecule has 0 aromatic carbocycles. The van der Waals surface area contributed by atoms with Crippen LogP contribution < -0.4 is 0 Å². The van der Waals surface area contributed by atoms with E-state index in [0.717, 1.165) is 0 Å². The van der Waals surface area contributed by atoms with E-state index in [-0.39, 0.29) is 18.0 Å². The number of rotatable bonds is 2. The average Bonchev–Trinajstić information content (AvgIpc) is 2.26. The first kappa shape index (κ1) is 12.0. The summed E-state index contributed by atoms with van der Waals surface area (Å²) in [5, 5.41) is 0. The molecule has 1 aliphatic carbocycles. The third-order valence-electron chi connectivity index (χ3n) is 2.67. The van der Waals surface area contributed by atoms with Crippen molar-refractivity contribution in [3.63, 3.8) is 0 Å². The zero-order valence-corrected chi connectivity index (χ0v) is 9.05. The third-order valence-corrected chi connectivity index (χ3v) is 2.67. The SMILES string of the molecule is O=C1CCCc2nc(CCC(F)(F)F)ncc21. The monoisotopic (exact) mass is 244 g/mol. The Hall–Kier alpha value is -1.46. The summed E-state index contributed by atoms with van der Waals surface area (Å²) >= 11 is 0. The minimum Gasteiger partial charge on any atom is -0.294 e. The van der Waals surface area contributed by atoms with Crippen LogP contribution in [-0.2, 0) is 12.8 Å². The van der Waals surface area contributed by atoms with E-state index in [1.54, 1.807) is 0 Å². The zero-order valence-electron chi connectivity index (χ0n) is 9.05. The van der Waals surface area contributed by atoms with E-state index in [4.69, 9.17) is 0 Å². The zero-order chi connectivity index (χ0) is 12.5. The smallest absolute Gasteiger partial charge is 0.294 e. The molecule has 0 unspecified atom stereocenters. The number of alkyl halides is 3. The number of nitrogens with zero attached hydrogens (tertiary/aromatic N) is 2. The van der Waals surface area contributed by atoms with Crippen LogP contribution in [-0.4, -0.2) is 21.9 Å². The topological polar surface area (TPSA) is 42.9 Å². The fourth-order valence-electron chi connectivity index (χ4n) is 1.81. The van der Waals surface area contributed by atoms with Gasteiger partial charge >= 0.3 is 6.18 Å². The van der Waals surface area contributed by atoms with Gasteiger partial charge in [0.15, 0.2) is 5.78 Å². The van der Waals surface area contributed by atoms with Crippen LogP contribution in [0.3, 0.4) is 0 Å². The molecule has 3 nitrogen and oxygen atoms in total. The maximum atomic E-state index is 12.0. The Kier molecular flexibility index (Phi) is 3.13. The van der Waals surface area contributed by atoms with Gasteiger partial charge in [-0.05, 0) is 12.8 Å². The predicted octanol–water partition coefficient (Wildman–Crippen LogP) is 2.49. The molecule has 0 N–H and O–H groups in total. The van der Waals surface area contributed by atoms with Crippen molar-refractivity contribution < 1.29 is 18.0 Å². The summed E-state index contributed by atoms with van der Waals surface area (Å²) in [5.74, 6) is 0.143. The number of Topliss-reactive ketones (excluding diaryl/α,β-unsaturated/α-hetero) is 1. The van der Waals surface area contributed by atoms with Crippen LogP contribution in [0.2, 0.25) is 0 Å². The molecule has 0 fully saturated rings. The van der Waals surface area contributed by atoms with Gasteiger partial charge in [-0.25, -0.2) is 9.97 Å². The van der Waals surface area contributed by atoms with E-state index in [0.29, 0.717) is 30.5 Å². The Labute approximate surface area is 96.1 Å². The second kappa shape index (κ2) is 4.43. The summed E-state index contributed by atoms with van der Waals surface area (Å²) in [7, 11) is 0. The number of ketones is 1. The minimum absolute atomic E-state index is 0.0198. The molecule has 0 radical (unpaired) electrons. The van der Waals surface area contributed by atoms with E-state index in [1.165, 1.54) is 6.20 Å². The van der Waals surface area contributed by atoms with Crippen LogP contribution in [0, 0.1) is 0 Å². The van der Waals surface area contributed by atoms with Crippen molar-refractivity contribution in [1.82, 2.24) is 9.97 Å². The summed E-state index contributed by atoms with van der Waals surface area (Å²) in [6.45, 7) is 0. The minimum atomic E-state index is -4.20. The second-order valence-corrected chi connectivity index (χ2v) is 4.04. The van der Waals surface area contributed by atoms with Gasteiger partial charge < -0.3 is 0 Å². The molecule has 0 aliphatic heterocycles. The Morgan fingerprint density at radius 1 is 1.29 bits per heavy atom. The fraction of sp³-hybridized carbons (Fsp3) is 0.545. The Bertz CT molecular complexity index is 443. The van der Waals surface area contributed by atoms with E-state index < -0.39 is 12.6 Å². The number of carbonyl (C=O) groups excluding carboxylic acids is 1. The molecule has 2 rings (SSSR count). The lowest BCUT2D eigenvalue weighted by Crippen LogP contribution is -2.16. The van der Waals surface area contributed by atoms with Crippen molar-refractivity contribution in [3.05, 3.63) is 23.3 Å². The number of fused-ring (bicyclic) bond motifs is 1. The average molecular weight is 244 g/mol.